The molecule has 0 unspecified atom stereocenters. The van der Waals surface area contributed by atoms with E-state index in [4.69, 9.17) is 4.98 Å². The molecule has 262 valence electrons. The number of carbonyl (C=O) groups excluding carboxylic acids is 3. The van der Waals surface area contributed by atoms with E-state index in [9.17, 15) is 14.4 Å². The molecular weight excluding hydrogens is 755 g/mol. The van der Waals surface area contributed by atoms with Crippen LogP contribution in [0.15, 0.2) is 85.7 Å². The molecule has 0 spiro atoms. The molecule has 0 fully saturated rings. The maximum Gasteiger partial charge on any atom is 0.171 e. The average molecular weight is 797 g/mol. The van der Waals surface area contributed by atoms with Crippen LogP contribution in [0.5, 0.6) is 0 Å². The van der Waals surface area contributed by atoms with Crippen molar-refractivity contribution in [2.24, 2.45) is 10.8 Å². The maximum absolute atomic E-state index is 12.7. The molecular formula is C39H41IN8O3. The maximum atomic E-state index is 12.7. The number of hydrogen-bond acceptors (Lipinski definition) is 8. The minimum absolute atomic E-state index is 0. The minimum atomic E-state index is -0.496. The van der Waals surface area contributed by atoms with Gasteiger partial charge in [0.2, 0.25) is 0 Å². The summed E-state index contributed by atoms with van der Waals surface area (Å²) in [7, 11) is 0. The predicted octanol–water partition coefficient (Wildman–Crippen LogP) is 9.16. The number of Topliss-reactive ketones (excluding diaryl/α,β-unsaturated/α-hetero) is 2. The van der Waals surface area contributed by atoms with Crippen molar-refractivity contribution in [3.63, 3.8) is 0 Å². The number of halogens is 1. The third kappa shape index (κ3) is 8.17. The molecule has 12 heteroatoms. The predicted molar refractivity (Wildman–Crippen MR) is 211 cm³/mol. The van der Waals surface area contributed by atoms with Gasteiger partial charge in [0.25, 0.3) is 0 Å². The first kappa shape index (κ1) is 38.4. The summed E-state index contributed by atoms with van der Waals surface area (Å²) in [5.74, 6) is 0.850. The molecule has 51 heavy (non-hydrogen) atoms. The van der Waals surface area contributed by atoms with Gasteiger partial charge in [-0.05, 0) is 12.1 Å². The highest BCUT2D eigenvalue weighted by molar-refractivity contribution is 14.0. The second-order valence-electron chi connectivity index (χ2n) is 13.7. The van der Waals surface area contributed by atoms with Crippen molar-refractivity contribution in [1.29, 1.82) is 0 Å². The van der Waals surface area contributed by atoms with Gasteiger partial charge in [-0.25, -0.2) is 24.9 Å². The van der Waals surface area contributed by atoms with E-state index in [-0.39, 0.29) is 43.0 Å². The SMILES string of the molecule is C.CC(C)(C)C(=O)c1c[nH]c2ncc(-c3cccc(-c4ncc[nH]4)c3)nc12.CC(C)(C)C(=O)c1c[nH]c2ncc(-c3cccc(C=O)c3)nc12.I. The van der Waals surface area contributed by atoms with Gasteiger partial charge in [0.15, 0.2) is 22.9 Å². The Hall–Kier alpha value is -5.37. The first-order chi connectivity index (χ1) is 23.3. The highest BCUT2D eigenvalue weighted by atomic mass is 127. The van der Waals surface area contributed by atoms with Crippen molar-refractivity contribution in [2.75, 3.05) is 0 Å². The molecule has 5 heterocycles. The number of nitrogens with one attached hydrogen (secondary N) is 3. The number of H-pyrrole nitrogens is 3. The molecule has 3 N–H and O–H groups in total. The normalized spacial score (nSPS) is 11.3. The molecule has 7 aromatic rings. The first-order valence-electron chi connectivity index (χ1n) is 15.8. The Morgan fingerprint density at radius 3 is 1.63 bits per heavy atom. The molecule has 0 aliphatic rings. The topological polar surface area (TPSA) is 163 Å². The summed E-state index contributed by atoms with van der Waals surface area (Å²) in [4.78, 5) is 67.7. The van der Waals surface area contributed by atoms with E-state index in [0.29, 0.717) is 50.4 Å². The molecule has 0 bridgehead atoms. The van der Waals surface area contributed by atoms with Gasteiger partial charge in [0.1, 0.15) is 23.1 Å². The molecule has 0 atom stereocenters. The molecule has 0 saturated heterocycles. The van der Waals surface area contributed by atoms with E-state index >= 15 is 0 Å². The number of aromatic amines is 3. The number of imidazole rings is 1. The van der Waals surface area contributed by atoms with E-state index < -0.39 is 10.8 Å². The van der Waals surface area contributed by atoms with Crippen molar-refractivity contribution >= 4 is 64.2 Å². The quantitative estimate of drug-likeness (QED) is 0.0853. The number of carbonyl (C=O) groups is 3. The fraction of sp³-hybridized carbons (Fsp3) is 0.231. The molecule has 7 rings (SSSR count). The Labute approximate surface area is 313 Å². The van der Waals surface area contributed by atoms with Crippen LogP contribution in [-0.2, 0) is 0 Å². The van der Waals surface area contributed by atoms with Crippen molar-refractivity contribution in [1.82, 2.24) is 39.9 Å². The van der Waals surface area contributed by atoms with Crippen LogP contribution in [0.2, 0.25) is 0 Å². The van der Waals surface area contributed by atoms with Crippen LogP contribution in [0.4, 0.5) is 0 Å². The number of nitrogens with zero attached hydrogens (tertiary/aromatic N) is 5. The molecule has 5 aromatic heterocycles. The van der Waals surface area contributed by atoms with Gasteiger partial charge >= 0.3 is 0 Å². The van der Waals surface area contributed by atoms with Crippen LogP contribution >= 0.6 is 24.0 Å². The zero-order valence-electron chi connectivity index (χ0n) is 28.5. The minimum Gasteiger partial charge on any atom is -0.345 e. The standard InChI is InChI=1S/C20H19N5O.C18H17N3O2.CH4.HI/c1-20(2,3)17(26)14-10-23-19-16(14)25-15(11-24-19)12-5-4-6-13(9-12)18-21-7-8-22-18;1-18(2,3)16(23)13-8-19-17-15(13)21-14(9-20-17)12-6-4-5-11(7-12)10-22;;/h4-11H,1-3H3,(H,21,22)(H,23,24);4-10H,1-3H3,(H,19,20);1H4;1H. The second kappa shape index (κ2) is 15.3. The van der Waals surface area contributed by atoms with E-state index in [2.05, 4.69) is 34.9 Å². The van der Waals surface area contributed by atoms with Gasteiger partial charge in [-0.15, -0.1) is 24.0 Å². The number of ketones is 2. The van der Waals surface area contributed by atoms with Crippen LogP contribution < -0.4 is 0 Å². The lowest BCUT2D eigenvalue weighted by Gasteiger charge is -2.15. The van der Waals surface area contributed by atoms with Crippen molar-refractivity contribution < 1.29 is 14.4 Å². The monoisotopic (exact) mass is 796 g/mol. The molecule has 0 saturated carbocycles. The molecule has 0 aliphatic heterocycles. The molecule has 0 amide bonds. The second-order valence-corrected chi connectivity index (χ2v) is 13.7. The van der Waals surface area contributed by atoms with Crippen molar-refractivity contribution in [2.45, 2.75) is 49.0 Å². The summed E-state index contributed by atoms with van der Waals surface area (Å²) in [6.45, 7) is 11.3. The molecule has 0 aliphatic carbocycles. The van der Waals surface area contributed by atoms with Gasteiger partial charge in [0, 0.05) is 57.9 Å². The third-order valence-corrected chi connectivity index (χ3v) is 7.86. The number of rotatable bonds is 6. The number of benzene rings is 2. The summed E-state index contributed by atoms with van der Waals surface area (Å²) >= 11 is 0. The average Bonchev–Trinajstić information content (AvgIpc) is 3.87. The van der Waals surface area contributed by atoms with Gasteiger partial charge in [-0.2, -0.15) is 0 Å². The summed E-state index contributed by atoms with van der Waals surface area (Å²) in [6.07, 6.45) is 11.0. The van der Waals surface area contributed by atoms with Gasteiger partial charge in [-0.1, -0.05) is 85.4 Å². The number of aldehydes is 1. The zero-order chi connectivity index (χ0) is 34.9. The lowest BCUT2D eigenvalue weighted by Crippen LogP contribution is -2.20. The summed E-state index contributed by atoms with van der Waals surface area (Å²) in [5, 5.41) is 0. The number of fused-ring (bicyclic) bond motifs is 2. The Bertz CT molecular complexity index is 2330. The lowest BCUT2D eigenvalue weighted by atomic mass is 9.87. The van der Waals surface area contributed by atoms with Gasteiger partial charge in [0.05, 0.1) is 34.9 Å². The summed E-state index contributed by atoms with van der Waals surface area (Å²) in [5.41, 5.74) is 7.08. The van der Waals surface area contributed by atoms with Crippen LogP contribution in [0.3, 0.4) is 0 Å². The molecule has 2 aromatic carbocycles. The highest BCUT2D eigenvalue weighted by Crippen LogP contribution is 2.29. The van der Waals surface area contributed by atoms with E-state index in [1.807, 2.05) is 71.9 Å². The summed E-state index contributed by atoms with van der Waals surface area (Å²) in [6, 6.07) is 15.1. The number of hydrogen-bond donors (Lipinski definition) is 3. The third-order valence-electron chi connectivity index (χ3n) is 7.86. The van der Waals surface area contributed by atoms with Crippen molar-refractivity contribution in [3.8, 4) is 33.9 Å². The molecule has 11 nitrogen and oxygen atoms in total. The van der Waals surface area contributed by atoms with Crippen LogP contribution in [-0.4, -0.2) is 57.7 Å². The van der Waals surface area contributed by atoms with Crippen LogP contribution in [0, 0.1) is 10.8 Å². The number of aromatic nitrogens is 8. The van der Waals surface area contributed by atoms with E-state index in [1.54, 1.807) is 55.4 Å². The molecule has 0 radical (unpaired) electrons. The van der Waals surface area contributed by atoms with E-state index in [0.717, 1.165) is 28.8 Å². The Kier molecular flexibility index (Phi) is 11.5. The summed E-state index contributed by atoms with van der Waals surface area (Å²) < 4.78 is 0. The smallest absolute Gasteiger partial charge is 0.171 e. The Morgan fingerprint density at radius 2 is 1.16 bits per heavy atom. The lowest BCUT2D eigenvalue weighted by molar-refractivity contribution is 0.0854. The van der Waals surface area contributed by atoms with E-state index in [1.165, 1.54) is 0 Å². The fourth-order valence-corrected chi connectivity index (χ4v) is 5.24. The van der Waals surface area contributed by atoms with Gasteiger partial charge < -0.3 is 15.0 Å². The van der Waals surface area contributed by atoms with Crippen LogP contribution in [0.1, 0.15) is 80.0 Å². The van der Waals surface area contributed by atoms with Crippen molar-refractivity contribution in [3.05, 3.63) is 102 Å². The Balaban J connectivity index is 0.000000222. The highest BCUT2D eigenvalue weighted by Gasteiger charge is 2.27. The first-order valence-corrected chi connectivity index (χ1v) is 15.8. The zero-order valence-corrected chi connectivity index (χ0v) is 30.9. The van der Waals surface area contributed by atoms with Crippen LogP contribution in [0.25, 0.3) is 56.2 Å². The fourth-order valence-electron chi connectivity index (χ4n) is 5.24. The Morgan fingerprint density at radius 1 is 0.667 bits per heavy atom. The largest absolute Gasteiger partial charge is 0.345 e. The van der Waals surface area contributed by atoms with Gasteiger partial charge in [-0.3, -0.25) is 14.4 Å².